The van der Waals surface area contributed by atoms with Gasteiger partial charge in [-0.15, -0.1) is 0 Å². The first kappa shape index (κ1) is 17.9. The maximum atomic E-state index is 11.1. The van der Waals surface area contributed by atoms with Crippen molar-refractivity contribution in [2.75, 3.05) is 0 Å². The summed E-state index contributed by atoms with van der Waals surface area (Å²) < 4.78 is 0. The standard InChI is InChI=1S/C15H29NO3/c1-15(2,14(16)19)12-10-8-6-4-3-5-7-9-11-13(17)18/h3-12H2,1-2H3,(H2,16,19)(H,17,18). The number of rotatable bonds is 12. The summed E-state index contributed by atoms with van der Waals surface area (Å²) in [6.07, 6.45) is 9.85. The van der Waals surface area contributed by atoms with Crippen molar-refractivity contribution < 1.29 is 14.7 Å². The molecule has 112 valence electrons. The molecule has 0 rings (SSSR count). The van der Waals surface area contributed by atoms with Gasteiger partial charge in [-0.3, -0.25) is 9.59 Å². The topological polar surface area (TPSA) is 80.4 Å². The van der Waals surface area contributed by atoms with Gasteiger partial charge in [0.15, 0.2) is 0 Å². The van der Waals surface area contributed by atoms with Crippen LogP contribution in [-0.4, -0.2) is 17.0 Å². The van der Waals surface area contributed by atoms with Gasteiger partial charge in [-0.2, -0.15) is 0 Å². The molecule has 0 unspecified atom stereocenters. The Balaban J connectivity index is 3.28. The summed E-state index contributed by atoms with van der Waals surface area (Å²) in [7, 11) is 0. The number of carboxylic acid groups (broad SMARTS) is 1. The van der Waals surface area contributed by atoms with E-state index in [0.717, 1.165) is 38.5 Å². The molecule has 1 amide bonds. The molecule has 0 spiro atoms. The second-order valence-electron chi connectivity index (χ2n) is 5.97. The number of carboxylic acids is 1. The Hall–Kier alpha value is -1.06. The lowest BCUT2D eigenvalue weighted by molar-refractivity contribution is -0.137. The fraction of sp³-hybridized carbons (Fsp3) is 0.867. The number of nitrogens with two attached hydrogens (primary N) is 1. The van der Waals surface area contributed by atoms with Crippen molar-refractivity contribution in [3.63, 3.8) is 0 Å². The average Bonchev–Trinajstić information content (AvgIpc) is 2.30. The Labute approximate surface area is 116 Å². The number of carbonyl (C=O) groups is 2. The maximum absolute atomic E-state index is 11.1. The van der Waals surface area contributed by atoms with E-state index in [2.05, 4.69) is 0 Å². The Kier molecular flexibility index (Phi) is 9.27. The number of primary amides is 1. The second-order valence-corrected chi connectivity index (χ2v) is 5.97. The van der Waals surface area contributed by atoms with Crippen LogP contribution in [0.2, 0.25) is 0 Å². The molecule has 0 saturated heterocycles. The SMILES string of the molecule is CC(C)(CCCCCCCCCCC(=O)O)C(N)=O. The fourth-order valence-electron chi connectivity index (χ4n) is 2.03. The van der Waals surface area contributed by atoms with Gasteiger partial charge in [-0.05, 0) is 12.8 Å². The van der Waals surface area contributed by atoms with E-state index in [4.69, 9.17) is 10.8 Å². The van der Waals surface area contributed by atoms with Crippen LogP contribution in [0.25, 0.3) is 0 Å². The molecule has 0 aliphatic heterocycles. The smallest absolute Gasteiger partial charge is 0.303 e. The molecule has 0 bridgehead atoms. The first-order chi connectivity index (χ1) is 8.86. The van der Waals surface area contributed by atoms with E-state index in [1.807, 2.05) is 13.8 Å². The molecular formula is C15H29NO3. The van der Waals surface area contributed by atoms with Crippen LogP contribution in [-0.2, 0) is 9.59 Å². The molecule has 4 nitrogen and oxygen atoms in total. The minimum atomic E-state index is -0.697. The van der Waals surface area contributed by atoms with Crippen molar-refractivity contribution >= 4 is 11.9 Å². The molecule has 0 radical (unpaired) electrons. The van der Waals surface area contributed by atoms with Crippen LogP contribution in [0.15, 0.2) is 0 Å². The number of hydrogen-bond acceptors (Lipinski definition) is 2. The minimum Gasteiger partial charge on any atom is -0.481 e. The van der Waals surface area contributed by atoms with Crippen LogP contribution < -0.4 is 5.73 Å². The zero-order valence-electron chi connectivity index (χ0n) is 12.4. The molecule has 0 heterocycles. The van der Waals surface area contributed by atoms with Gasteiger partial charge in [0.1, 0.15) is 0 Å². The van der Waals surface area contributed by atoms with E-state index >= 15 is 0 Å². The molecule has 0 aromatic heterocycles. The van der Waals surface area contributed by atoms with E-state index in [1.54, 1.807) is 0 Å². The maximum Gasteiger partial charge on any atom is 0.303 e. The van der Waals surface area contributed by atoms with E-state index in [-0.39, 0.29) is 11.3 Å². The van der Waals surface area contributed by atoms with Crippen molar-refractivity contribution in [1.29, 1.82) is 0 Å². The molecule has 3 N–H and O–H groups in total. The molecule has 0 aromatic rings. The van der Waals surface area contributed by atoms with Gasteiger partial charge in [0, 0.05) is 11.8 Å². The van der Waals surface area contributed by atoms with Crippen molar-refractivity contribution in [3.8, 4) is 0 Å². The monoisotopic (exact) mass is 271 g/mol. The fourth-order valence-corrected chi connectivity index (χ4v) is 2.03. The van der Waals surface area contributed by atoms with Gasteiger partial charge < -0.3 is 10.8 Å². The third-order valence-corrected chi connectivity index (χ3v) is 3.61. The molecule has 0 saturated carbocycles. The molecule has 0 aliphatic rings. The first-order valence-electron chi connectivity index (χ1n) is 7.38. The van der Waals surface area contributed by atoms with Crippen LogP contribution in [0.4, 0.5) is 0 Å². The lowest BCUT2D eigenvalue weighted by atomic mass is 9.86. The van der Waals surface area contributed by atoms with Gasteiger partial charge in [0.2, 0.25) is 5.91 Å². The largest absolute Gasteiger partial charge is 0.481 e. The number of aliphatic carboxylic acids is 1. The lowest BCUT2D eigenvalue weighted by Gasteiger charge is -2.19. The second kappa shape index (κ2) is 9.82. The molecule has 0 aliphatic carbocycles. The van der Waals surface area contributed by atoms with Gasteiger partial charge >= 0.3 is 5.97 Å². The van der Waals surface area contributed by atoms with E-state index in [9.17, 15) is 9.59 Å². The van der Waals surface area contributed by atoms with Crippen LogP contribution in [0.3, 0.4) is 0 Å². The van der Waals surface area contributed by atoms with Gasteiger partial charge in [0.25, 0.3) is 0 Å². The van der Waals surface area contributed by atoms with Gasteiger partial charge in [0.05, 0.1) is 0 Å². The normalized spacial score (nSPS) is 11.5. The van der Waals surface area contributed by atoms with Crippen LogP contribution >= 0.6 is 0 Å². The third kappa shape index (κ3) is 10.5. The summed E-state index contributed by atoms with van der Waals surface area (Å²) >= 11 is 0. The van der Waals surface area contributed by atoms with Crippen molar-refractivity contribution in [2.24, 2.45) is 11.1 Å². The summed E-state index contributed by atoms with van der Waals surface area (Å²) in [6.45, 7) is 3.80. The predicted molar refractivity (Wildman–Crippen MR) is 76.8 cm³/mol. The zero-order chi connectivity index (χ0) is 14.7. The number of unbranched alkanes of at least 4 members (excludes halogenated alkanes) is 7. The summed E-state index contributed by atoms with van der Waals surface area (Å²) in [5.41, 5.74) is 4.94. The van der Waals surface area contributed by atoms with E-state index < -0.39 is 5.97 Å². The number of hydrogen-bond donors (Lipinski definition) is 2. The van der Waals surface area contributed by atoms with Gasteiger partial charge in [-0.1, -0.05) is 58.8 Å². The number of amides is 1. The van der Waals surface area contributed by atoms with Crippen molar-refractivity contribution in [1.82, 2.24) is 0 Å². The first-order valence-corrected chi connectivity index (χ1v) is 7.38. The van der Waals surface area contributed by atoms with Crippen molar-refractivity contribution in [3.05, 3.63) is 0 Å². The number of carbonyl (C=O) groups excluding carboxylic acids is 1. The average molecular weight is 271 g/mol. The van der Waals surface area contributed by atoms with Crippen molar-refractivity contribution in [2.45, 2.75) is 78.1 Å². The molecular weight excluding hydrogens is 242 g/mol. The third-order valence-electron chi connectivity index (χ3n) is 3.61. The highest BCUT2D eigenvalue weighted by Gasteiger charge is 2.23. The van der Waals surface area contributed by atoms with Gasteiger partial charge in [-0.25, -0.2) is 0 Å². The Morgan fingerprint density at radius 3 is 1.74 bits per heavy atom. The lowest BCUT2D eigenvalue weighted by Crippen LogP contribution is -2.31. The Morgan fingerprint density at radius 2 is 1.32 bits per heavy atom. The minimum absolute atomic E-state index is 0.217. The van der Waals surface area contributed by atoms with Crippen LogP contribution in [0.1, 0.15) is 78.1 Å². The molecule has 19 heavy (non-hydrogen) atoms. The predicted octanol–water partition coefficient (Wildman–Crippen LogP) is 3.48. The Bertz CT molecular complexity index is 275. The summed E-state index contributed by atoms with van der Waals surface area (Å²) in [5.74, 6) is -0.914. The zero-order valence-corrected chi connectivity index (χ0v) is 12.4. The molecule has 4 heteroatoms. The van der Waals surface area contributed by atoms with Crippen LogP contribution in [0, 0.1) is 5.41 Å². The molecule has 0 aromatic carbocycles. The quantitative estimate of drug-likeness (QED) is 0.533. The van der Waals surface area contributed by atoms with E-state index in [0.29, 0.717) is 6.42 Å². The Morgan fingerprint density at radius 1 is 0.895 bits per heavy atom. The highest BCUT2D eigenvalue weighted by molar-refractivity contribution is 5.79. The highest BCUT2D eigenvalue weighted by Crippen LogP contribution is 2.23. The molecule has 0 atom stereocenters. The summed E-state index contributed by atoms with van der Waals surface area (Å²) in [4.78, 5) is 21.4. The highest BCUT2D eigenvalue weighted by atomic mass is 16.4. The summed E-state index contributed by atoms with van der Waals surface area (Å²) in [6, 6.07) is 0. The summed E-state index contributed by atoms with van der Waals surface area (Å²) in [5, 5.41) is 8.49. The van der Waals surface area contributed by atoms with Crippen LogP contribution in [0.5, 0.6) is 0 Å². The molecule has 0 fully saturated rings. The van der Waals surface area contributed by atoms with E-state index in [1.165, 1.54) is 19.3 Å².